The van der Waals surface area contributed by atoms with Gasteiger partial charge in [0.2, 0.25) is 0 Å². The van der Waals surface area contributed by atoms with Crippen molar-refractivity contribution in [3.8, 4) is 0 Å². The van der Waals surface area contributed by atoms with Crippen LogP contribution in [0.25, 0.3) is 5.57 Å². The molecule has 0 spiro atoms. The summed E-state index contributed by atoms with van der Waals surface area (Å²) in [6.45, 7) is 12.3. The van der Waals surface area contributed by atoms with Crippen molar-refractivity contribution in [2.45, 2.75) is 46.2 Å². The van der Waals surface area contributed by atoms with Crippen LogP contribution in [-0.2, 0) is 9.53 Å². The Morgan fingerprint density at radius 1 is 1.29 bits per heavy atom. The Morgan fingerprint density at radius 3 is 2.62 bits per heavy atom. The molecule has 1 aromatic carbocycles. The number of nitrogens with one attached hydrogen (secondary N) is 2. The lowest BCUT2D eigenvalue weighted by Crippen LogP contribution is -2.44. The summed E-state index contributed by atoms with van der Waals surface area (Å²) in [4.78, 5) is 15.1. The maximum atomic E-state index is 13.2. The number of morpholine rings is 1. The summed E-state index contributed by atoms with van der Waals surface area (Å²) >= 11 is 0. The monoisotopic (exact) mass is 329 g/mol. The number of fused-ring (bicyclic) bond motifs is 1. The second-order valence-electron chi connectivity index (χ2n) is 7.68. The van der Waals surface area contributed by atoms with Crippen molar-refractivity contribution < 1.29 is 9.53 Å². The highest BCUT2D eigenvalue weighted by molar-refractivity contribution is 6.33. The Hall–Kier alpha value is -2.01. The Morgan fingerprint density at radius 2 is 2.04 bits per heavy atom. The molecular weight excluding hydrogens is 302 g/mol. The largest absolute Gasteiger partial charge is 0.383 e. The molecule has 1 aromatic rings. The van der Waals surface area contributed by atoms with Gasteiger partial charge in [0.05, 0.1) is 30.2 Å². The minimum atomic E-state index is -0.281. The standard InChI is InChI=1S/C19H27N3O2/c1-12(2)21-13-6-7-16-14(10-13)17(15-11-24-9-8-20-15)18(23)22(16)19(3,4)5/h6-7,10,12,20-21H,8-9,11H2,1-5H3/b17-15-. The second-order valence-corrected chi connectivity index (χ2v) is 7.68. The Balaban J connectivity index is 2.14. The van der Waals surface area contributed by atoms with E-state index >= 15 is 0 Å². The molecule has 2 N–H and O–H groups in total. The van der Waals surface area contributed by atoms with Crippen molar-refractivity contribution in [3.05, 3.63) is 29.5 Å². The molecule has 0 unspecified atom stereocenters. The van der Waals surface area contributed by atoms with E-state index < -0.39 is 0 Å². The lowest BCUT2D eigenvalue weighted by atomic mass is 10.0. The quantitative estimate of drug-likeness (QED) is 0.819. The van der Waals surface area contributed by atoms with Crippen LogP contribution in [-0.4, -0.2) is 37.2 Å². The van der Waals surface area contributed by atoms with Gasteiger partial charge in [0, 0.05) is 29.4 Å². The van der Waals surface area contributed by atoms with Gasteiger partial charge in [-0.25, -0.2) is 0 Å². The van der Waals surface area contributed by atoms with E-state index in [1.165, 1.54) is 0 Å². The third-order valence-corrected chi connectivity index (χ3v) is 4.18. The van der Waals surface area contributed by atoms with Crippen LogP contribution in [0.4, 0.5) is 11.4 Å². The fourth-order valence-corrected chi connectivity index (χ4v) is 3.31. The van der Waals surface area contributed by atoms with E-state index in [-0.39, 0.29) is 11.4 Å². The lowest BCUT2D eigenvalue weighted by molar-refractivity contribution is -0.113. The predicted octanol–water partition coefficient (Wildman–Crippen LogP) is 2.98. The van der Waals surface area contributed by atoms with Gasteiger partial charge in [-0.05, 0) is 52.8 Å². The SMILES string of the molecule is CC(C)Nc1ccc2c(c1)/C(=C1\COCCN1)C(=O)N2C(C)(C)C. The van der Waals surface area contributed by atoms with Crippen LogP contribution >= 0.6 is 0 Å². The summed E-state index contributed by atoms with van der Waals surface area (Å²) in [6.07, 6.45) is 0. The molecule has 2 aliphatic heterocycles. The summed E-state index contributed by atoms with van der Waals surface area (Å²) < 4.78 is 5.57. The van der Waals surface area contributed by atoms with E-state index in [0.717, 1.165) is 34.8 Å². The summed E-state index contributed by atoms with van der Waals surface area (Å²) in [7, 11) is 0. The summed E-state index contributed by atoms with van der Waals surface area (Å²) in [6, 6.07) is 6.51. The number of rotatable bonds is 2. The van der Waals surface area contributed by atoms with Crippen molar-refractivity contribution in [1.82, 2.24) is 5.32 Å². The number of nitrogens with zero attached hydrogens (tertiary/aromatic N) is 1. The topological polar surface area (TPSA) is 53.6 Å². The molecule has 5 nitrogen and oxygen atoms in total. The van der Waals surface area contributed by atoms with Crippen molar-refractivity contribution in [3.63, 3.8) is 0 Å². The Kier molecular flexibility index (Phi) is 4.30. The van der Waals surface area contributed by atoms with E-state index in [0.29, 0.717) is 19.3 Å². The van der Waals surface area contributed by atoms with Gasteiger partial charge in [-0.3, -0.25) is 4.79 Å². The van der Waals surface area contributed by atoms with Crippen LogP contribution in [0.1, 0.15) is 40.2 Å². The zero-order valence-corrected chi connectivity index (χ0v) is 15.2. The fourth-order valence-electron chi connectivity index (χ4n) is 3.31. The first-order valence-electron chi connectivity index (χ1n) is 8.59. The Bertz CT molecular complexity index is 678. The van der Waals surface area contributed by atoms with E-state index in [4.69, 9.17) is 4.74 Å². The molecule has 0 aromatic heterocycles. The molecule has 1 amide bonds. The van der Waals surface area contributed by atoms with Gasteiger partial charge >= 0.3 is 0 Å². The van der Waals surface area contributed by atoms with Crippen LogP contribution < -0.4 is 15.5 Å². The summed E-state index contributed by atoms with van der Waals surface area (Å²) in [5.41, 5.74) is 4.33. The van der Waals surface area contributed by atoms with Crippen LogP contribution in [0.3, 0.4) is 0 Å². The first-order chi connectivity index (χ1) is 11.3. The normalized spacial score (nSPS) is 21.1. The van der Waals surface area contributed by atoms with Gasteiger partial charge in [0.1, 0.15) is 0 Å². The highest BCUT2D eigenvalue weighted by atomic mass is 16.5. The van der Waals surface area contributed by atoms with Crippen molar-refractivity contribution >= 4 is 22.9 Å². The highest BCUT2D eigenvalue weighted by Gasteiger charge is 2.40. The molecule has 130 valence electrons. The van der Waals surface area contributed by atoms with E-state index in [1.807, 2.05) is 17.0 Å². The number of ether oxygens (including phenoxy) is 1. The van der Waals surface area contributed by atoms with Gasteiger partial charge in [0.25, 0.3) is 5.91 Å². The molecule has 1 fully saturated rings. The minimum Gasteiger partial charge on any atom is -0.383 e. The van der Waals surface area contributed by atoms with E-state index in [2.05, 4.69) is 51.3 Å². The van der Waals surface area contributed by atoms with Crippen molar-refractivity contribution in [1.29, 1.82) is 0 Å². The number of anilines is 2. The van der Waals surface area contributed by atoms with Gasteiger partial charge in [-0.2, -0.15) is 0 Å². The average molecular weight is 329 g/mol. The molecule has 5 heteroatoms. The van der Waals surface area contributed by atoms with E-state index in [1.54, 1.807) is 0 Å². The van der Waals surface area contributed by atoms with Crippen LogP contribution in [0.15, 0.2) is 23.9 Å². The van der Waals surface area contributed by atoms with Crippen molar-refractivity contribution in [2.75, 3.05) is 30.0 Å². The van der Waals surface area contributed by atoms with Gasteiger partial charge in [-0.1, -0.05) is 0 Å². The predicted molar refractivity (Wildman–Crippen MR) is 98.2 cm³/mol. The molecule has 2 aliphatic rings. The summed E-state index contributed by atoms with van der Waals surface area (Å²) in [5, 5.41) is 6.77. The molecule has 2 heterocycles. The zero-order valence-electron chi connectivity index (χ0n) is 15.2. The molecule has 0 atom stereocenters. The molecular formula is C19H27N3O2. The number of carbonyl (C=O) groups excluding carboxylic acids is 1. The average Bonchev–Trinajstić information content (AvgIpc) is 2.78. The number of hydrogen-bond donors (Lipinski definition) is 2. The third-order valence-electron chi connectivity index (χ3n) is 4.18. The van der Waals surface area contributed by atoms with Crippen LogP contribution in [0.2, 0.25) is 0 Å². The maximum absolute atomic E-state index is 13.2. The summed E-state index contributed by atoms with van der Waals surface area (Å²) in [5.74, 6) is 0.0483. The second kappa shape index (κ2) is 6.13. The van der Waals surface area contributed by atoms with Gasteiger partial charge in [0.15, 0.2) is 0 Å². The molecule has 0 radical (unpaired) electrons. The minimum absolute atomic E-state index is 0.0483. The number of carbonyl (C=O) groups is 1. The van der Waals surface area contributed by atoms with Gasteiger partial charge in [-0.15, -0.1) is 0 Å². The smallest absolute Gasteiger partial charge is 0.261 e. The maximum Gasteiger partial charge on any atom is 0.261 e. The first kappa shape index (κ1) is 16.8. The van der Waals surface area contributed by atoms with Crippen LogP contribution in [0.5, 0.6) is 0 Å². The third kappa shape index (κ3) is 3.00. The fraction of sp³-hybridized carbons (Fsp3) is 0.526. The van der Waals surface area contributed by atoms with Gasteiger partial charge < -0.3 is 20.3 Å². The zero-order chi connectivity index (χ0) is 17.5. The molecule has 0 saturated carbocycles. The highest BCUT2D eigenvalue weighted by Crippen LogP contribution is 2.43. The molecule has 24 heavy (non-hydrogen) atoms. The number of amides is 1. The molecule has 1 saturated heterocycles. The molecule has 3 rings (SSSR count). The van der Waals surface area contributed by atoms with Crippen molar-refractivity contribution in [2.24, 2.45) is 0 Å². The van der Waals surface area contributed by atoms with E-state index in [9.17, 15) is 4.79 Å². The molecule has 0 aliphatic carbocycles. The number of benzene rings is 1. The lowest BCUT2D eigenvalue weighted by Gasteiger charge is -2.32. The van der Waals surface area contributed by atoms with Crippen LogP contribution in [0, 0.1) is 0 Å². The first-order valence-corrected chi connectivity index (χ1v) is 8.59. The number of hydrogen-bond acceptors (Lipinski definition) is 4. The molecule has 0 bridgehead atoms. The Labute approximate surface area is 144 Å².